The van der Waals surface area contributed by atoms with E-state index < -0.39 is 0 Å². The van der Waals surface area contributed by atoms with Gasteiger partial charge in [0, 0.05) is 16.7 Å². The van der Waals surface area contributed by atoms with Crippen LogP contribution in [0.4, 0.5) is 0 Å². The molecule has 0 bridgehead atoms. The molecule has 0 heterocycles. The number of benzene rings is 1. The van der Waals surface area contributed by atoms with E-state index in [0.717, 1.165) is 24.2 Å². The zero-order chi connectivity index (χ0) is 14.1. The quantitative estimate of drug-likeness (QED) is 0.702. The summed E-state index contributed by atoms with van der Waals surface area (Å²) in [4.78, 5) is 0. The lowest BCUT2D eigenvalue weighted by molar-refractivity contribution is 0.282. The molecule has 0 amide bonds. The summed E-state index contributed by atoms with van der Waals surface area (Å²) in [5, 5.41) is 0.652. The predicted octanol–water partition coefficient (Wildman–Crippen LogP) is 3.81. The van der Waals surface area contributed by atoms with Crippen molar-refractivity contribution in [2.24, 2.45) is 5.73 Å². The molecule has 0 aliphatic carbocycles. The van der Waals surface area contributed by atoms with Crippen molar-refractivity contribution in [1.82, 2.24) is 0 Å². The molecule has 1 aromatic carbocycles. The minimum atomic E-state index is 0.565. The summed E-state index contributed by atoms with van der Waals surface area (Å²) >= 11 is 6.06. The van der Waals surface area contributed by atoms with Gasteiger partial charge in [0.25, 0.3) is 0 Å². The van der Waals surface area contributed by atoms with Gasteiger partial charge in [-0.05, 0) is 25.5 Å². The molecule has 0 spiro atoms. The Morgan fingerprint density at radius 2 is 2.00 bits per heavy atom. The van der Waals surface area contributed by atoms with Crippen molar-refractivity contribution in [2.75, 3.05) is 20.3 Å². The molecule has 19 heavy (non-hydrogen) atoms. The van der Waals surface area contributed by atoms with Gasteiger partial charge in [-0.3, -0.25) is 0 Å². The number of rotatable bonds is 9. The molecule has 108 valence electrons. The van der Waals surface area contributed by atoms with Crippen LogP contribution in [0.5, 0.6) is 11.5 Å². The molecule has 0 unspecified atom stereocenters. The predicted molar refractivity (Wildman–Crippen MR) is 80.4 cm³/mol. The number of halogens is 1. The van der Waals surface area contributed by atoms with E-state index in [9.17, 15) is 0 Å². The molecule has 0 aliphatic rings. The smallest absolute Gasteiger partial charge is 0.164 e. The Labute approximate surface area is 121 Å². The van der Waals surface area contributed by atoms with E-state index in [1.807, 2.05) is 6.07 Å². The summed E-state index contributed by atoms with van der Waals surface area (Å²) in [5.74, 6) is 1.47. The lowest BCUT2D eigenvalue weighted by Gasteiger charge is -2.15. The molecule has 0 aliphatic heterocycles. The molecule has 2 N–H and O–H groups in total. The number of hydrogen-bond acceptors (Lipinski definition) is 3. The fourth-order valence-corrected chi connectivity index (χ4v) is 2.21. The van der Waals surface area contributed by atoms with Gasteiger partial charge >= 0.3 is 0 Å². The van der Waals surface area contributed by atoms with Crippen LogP contribution in [-0.4, -0.2) is 20.3 Å². The van der Waals surface area contributed by atoms with Crippen LogP contribution in [0.25, 0.3) is 0 Å². The molecule has 1 aromatic rings. The molecule has 0 saturated heterocycles. The molecule has 0 fully saturated rings. The third-order valence-electron chi connectivity index (χ3n) is 2.97. The first kappa shape index (κ1) is 16.1. The van der Waals surface area contributed by atoms with Crippen LogP contribution in [0.15, 0.2) is 12.1 Å². The van der Waals surface area contributed by atoms with Crippen LogP contribution in [0.2, 0.25) is 5.02 Å². The maximum absolute atomic E-state index is 6.06. The van der Waals surface area contributed by atoms with Crippen molar-refractivity contribution in [3.8, 4) is 11.5 Å². The van der Waals surface area contributed by atoms with E-state index in [1.165, 1.54) is 19.3 Å². The minimum Gasteiger partial charge on any atom is -0.493 e. The topological polar surface area (TPSA) is 44.5 Å². The Morgan fingerprint density at radius 3 is 2.63 bits per heavy atom. The number of nitrogens with two attached hydrogens (primary N) is 1. The third-order valence-corrected chi connectivity index (χ3v) is 3.19. The fraction of sp³-hybridized carbons (Fsp3) is 0.600. The van der Waals surface area contributed by atoms with E-state index in [2.05, 4.69) is 6.92 Å². The fourth-order valence-electron chi connectivity index (χ4n) is 1.98. The molecular weight excluding hydrogens is 262 g/mol. The lowest BCUT2D eigenvalue weighted by Crippen LogP contribution is -2.07. The molecule has 0 radical (unpaired) electrons. The monoisotopic (exact) mass is 285 g/mol. The molecule has 3 nitrogen and oxygen atoms in total. The molecule has 1 rings (SSSR count). The Kier molecular flexibility index (Phi) is 7.68. The first-order chi connectivity index (χ1) is 9.22. The standard InChI is InChI=1S/C15H24ClNO2/c1-3-4-5-6-9-19-15-12(7-8-17)10-13(16)11-14(15)18-2/h10-11H,3-9,17H2,1-2H3. The average Bonchev–Trinajstić information content (AvgIpc) is 2.40. The van der Waals surface area contributed by atoms with Crippen molar-refractivity contribution < 1.29 is 9.47 Å². The Morgan fingerprint density at radius 1 is 1.21 bits per heavy atom. The van der Waals surface area contributed by atoms with Gasteiger partial charge in [0.05, 0.1) is 13.7 Å². The van der Waals surface area contributed by atoms with Crippen LogP contribution in [-0.2, 0) is 6.42 Å². The minimum absolute atomic E-state index is 0.565. The Hall–Kier alpha value is -0.930. The third kappa shape index (κ3) is 5.29. The highest BCUT2D eigenvalue weighted by Crippen LogP contribution is 2.35. The van der Waals surface area contributed by atoms with Crippen molar-refractivity contribution in [1.29, 1.82) is 0 Å². The SMILES string of the molecule is CCCCCCOc1c(CCN)cc(Cl)cc1OC. The average molecular weight is 286 g/mol. The second-order valence-corrected chi connectivity index (χ2v) is 4.98. The maximum Gasteiger partial charge on any atom is 0.164 e. The highest BCUT2D eigenvalue weighted by Gasteiger charge is 2.12. The summed E-state index contributed by atoms with van der Waals surface area (Å²) < 4.78 is 11.2. The van der Waals surface area contributed by atoms with Gasteiger partial charge in [0.15, 0.2) is 11.5 Å². The summed E-state index contributed by atoms with van der Waals surface area (Å²) in [5.41, 5.74) is 6.64. The van der Waals surface area contributed by atoms with Crippen LogP contribution < -0.4 is 15.2 Å². The van der Waals surface area contributed by atoms with Crippen LogP contribution >= 0.6 is 11.6 Å². The Balaban J connectivity index is 2.72. The number of methoxy groups -OCH3 is 1. The van der Waals surface area contributed by atoms with Crippen LogP contribution in [0.3, 0.4) is 0 Å². The molecule has 0 aromatic heterocycles. The highest BCUT2D eigenvalue weighted by atomic mass is 35.5. The van der Waals surface area contributed by atoms with Gasteiger partial charge < -0.3 is 15.2 Å². The first-order valence-electron chi connectivity index (χ1n) is 6.92. The van der Waals surface area contributed by atoms with Crippen molar-refractivity contribution >= 4 is 11.6 Å². The van der Waals surface area contributed by atoms with Crippen molar-refractivity contribution in [2.45, 2.75) is 39.0 Å². The van der Waals surface area contributed by atoms with E-state index in [4.69, 9.17) is 26.8 Å². The summed E-state index contributed by atoms with van der Waals surface area (Å²) in [7, 11) is 1.63. The van der Waals surface area contributed by atoms with E-state index in [-0.39, 0.29) is 0 Å². The zero-order valence-corrected chi connectivity index (χ0v) is 12.6. The number of unbranched alkanes of at least 4 members (excludes halogenated alkanes) is 3. The van der Waals surface area contributed by atoms with Crippen molar-refractivity contribution in [3.63, 3.8) is 0 Å². The zero-order valence-electron chi connectivity index (χ0n) is 11.9. The number of hydrogen-bond donors (Lipinski definition) is 1. The molecule has 0 saturated carbocycles. The first-order valence-corrected chi connectivity index (χ1v) is 7.30. The van der Waals surface area contributed by atoms with E-state index in [1.54, 1.807) is 13.2 Å². The van der Waals surface area contributed by atoms with Gasteiger partial charge in [-0.25, -0.2) is 0 Å². The molecule has 4 heteroatoms. The van der Waals surface area contributed by atoms with Crippen LogP contribution in [0, 0.1) is 0 Å². The van der Waals surface area contributed by atoms with E-state index in [0.29, 0.717) is 23.9 Å². The second-order valence-electron chi connectivity index (χ2n) is 4.54. The summed E-state index contributed by atoms with van der Waals surface area (Å²) in [6.45, 7) is 3.47. The van der Waals surface area contributed by atoms with Gasteiger partial charge in [0.1, 0.15) is 0 Å². The van der Waals surface area contributed by atoms with Gasteiger partial charge in [-0.1, -0.05) is 37.8 Å². The number of ether oxygens (including phenoxy) is 2. The normalized spacial score (nSPS) is 10.5. The molecular formula is C15H24ClNO2. The van der Waals surface area contributed by atoms with Gasteiger partial charge in [-0.2, -0.15) is 0 Å². The second kappa shape index (κ2) is 9.05. The van der Waals surface area contributed by atoms with Gasteiger partial charge in [0.2, 0.25) is 0 Å². The van der Waals surface area contributed by atoms with Gasteiger partial charge in [-0.15, -0.1) is 0 Å². The largest absolute Gasteiger partial charge is 0.493 e. The summed E-state index contributed by atoms with van der Waals surface area (Å²) in [6, 6.07) is 3.68. The van der Waals surface area contributed by atoms with E-state index >= 15 is 0 Å². The lowest BCUT2D eigenvalue weighted by atomic mass is 10.1. The van der Waals surface area contributed by atoms with Crippen molar-refractivity contribution in [3.05, 3.63) is 22.7 Å². The van der Waals surface area contributed by atoms with Crippen LogP contribution in [0.1, 0.15) is 38.2 Å². The molecule has 0 atom stereocenters. The maximum atomic E-state index is 6.06. The Bertz CT molecular complexity index is 383. The highest BCUT2D eigenvalue weighted by molar-refractivity contribution is 6.30. The summed E-state index contributed by atoms with van der Waals surface area (Å²) in [6.07, 6.45) is 5.46.